The molecule has 2 heteroatoms. The van der Waals surface area contributed by atoms with Crippen LogP contribution in [-0.2, 0) is 4.79 Å². The highest BCUT2D eigenvalue weighted by Gasteiger charge is 2.11. The number of carbonyl (C=O) groups excluding carboxylic acids is 1. The van der Waals surface area contributed by atoms with E-state index in [4.69, 9.17) is 0 Å². The third-order valence-corrected chi connectivity index (χ3v) is 2.90. The summed E-state index contributed by atoms with van der Waals surface area (Å²) in [4.78, 5) is 15.9. The van der Waals surface area contributed by atoms with E-state index >= 15 is 0 Å². The van der Waals surface area contributed by atoms with Gasteiger partial charge in [0.1, 0.15) is 0 Å². The summed E-state index contributed by atoms with van der Waals surface area (Å²) in [7, 11) is 0. The van der Waals surface area contributed by atoms with E-state index in [1.165, 1.54) is 0 Å². The van der Waals surface area contributed by atoms with Gasteiger partial charge in [-0.3, -0.25) is 9.78 Å². The Hall–Kier alpha value is -2.22. The van der Waals surface area contributed by atoms with Crippen LogP contribution in [0, 0.1) is 0 Å². The van der Waals surface area contributed by atoms with Gasteiger partial charge in [-0.25, -0.2) is 0 Å². The first-order valence-electron chi connectivity index (χ1n) is 5.88. The van der Waals surface area contributed by atoms with Crippen molar-refractivity contribution in [2.75, 3.05) is 0 Å². The Morgan fingerprint density at radius 2 is 1.50 bits per heavy atom. The molecule has 0 unspecified atom stereocenters. The van der Waals surface area contributed by atoms with Crippen molar-refractivity contribution in [1.29, 1.82) is 0 Å². The molecule has 0 fully saturated rings. The number of aromatic nitrogens is 1. The van der Waals surface area contributed by atoms with E-state index in [-0.39, 0.29) is 5.78 Å². The zero-order valence-electron chi connectivity index (χ0n) is 10.6. The third kappa shape index (κ3) is 2.54. The molecule has 1 heterocycles. The smallest absolute Gasteiger partial charge is 0.160 e. The predicted octanol–water partition coefficient (Wildman–Crippen LogP) is 3.60. The van der Waals surface area contributed by atoms with E-state index in [9.17, 15) is 4.79 Å². The summed E-state index contributed by atoms with van der Waals surface area (Å²) in [5, 5.41) is 0. The van der Waals surface area contributed by atoms with Gasteiger partial charge in [-0.15, -0.1) is 0 Å². The highest BCUT2D eigenvalue weighted by atomic mass is 16.1. The molecule has 18 heavy (non-hydrogen) atoms. The van der Waals surface area contributed by atoms with Crippen LogP contribution in [0.5, 0.6) is 0 Å². The molecular formula is C16H15NO. The van der Waals surface area contributed by atoms with Gasteiger partial charge in [0.2, 0.25) is 0 Å². The monoisotopic (exact) mass is 237 g/mol. The van der Waals surface area contributed by atoms with E-state index in [0.717, 1.165) is 22.3 Å². The summed E-state index contributed by atoms with van der Waals surface area (Å²) in [6.45, 7) is 3.58. The number of benzene rings is 1. The van der Waals surface area contributed by atoms with Crippen molar-refractivity contribution in [2.24, 2.45) is 0 Å². The summed E-state index contributed by atoms with van der Waals surface area (Å²) < 4.78 is 0. The molecule has 0 N–H and O–H groups in total. The van der Waals surface area contributed by atoms with Crippen molar-refractivity contribution < 1.29 is 4.79 Å². The normalized spacial score (nSPS) is 11.9. The van der Waals surface area contributed by atoms with Crippen LogP contribution in [0.4, 0.5) is 0 Å². The topological polar surface area (TPSA) is 30.0 Å². The Morgan fingerprint density at radius 3 is 2.06 bits per heavy atom. The molecule has 0 aliphatic carbocycles. The summed E-state index contributed by atoms with van der Waals surface area (Å²) in [5.41, 5.74) is 3.73. The number of pyridine rings is 1. The maximum Gasteiger partial charge on any atom is 0.160 e. The highest BCUT2D eigenvalue weighted by molar-refractivity contribution is 6.26. The SMILES string of the molecule is CC(=O)C(=C(C)c1ccccc1)c1ccncc1. The maximum atomic E-state index is 11.9. The zero-order chi connectivity index (χ0) is 13.0. The minimum atomic E-state index is 0.0718. The van der Waals surface area contributed by atoms with Crippen molar-refractivity contribution >= 4 is 16.9 Å². The molecule has 0 saturated carbocycles. The van der Waals surface area contributed by atoms with Crippen molar-refractivity contribution in [2.45, 2.75) is 13.8 Å². The number of ketones is 1. The van der Waals surface area contributed by atoms with Crippen LogP contribution in [0.25, 0.3) is 11.1 Å². The highest BCUT2D eigenvalue weighted by Crippen LogP contribution is 2.26. The van der Waals surface area contributed by atoms with E-state index in [1.807, 2.05) is 49.4 Å². The van der Waals surface area contributed by atoms with Crippen LogP contribution in [-0.4, -0.2) is 10.8 Å². The molecule has 90 valence electrons. The molecule has 0 saturated heterocycles. The van der Waals surface area contributed by atoms with E-state index in [2.05, 4.69) is 4.98 Å². The van der Waals surface area contributed by atoms with Crippen LogP contribution >= 0.6 is 0 Å². The summed E-state index contributed by atoms with van der Waals surface area (Å²) >= 11 is 0. The standard InChI is InChI=1S/C16H15NO/c1-12(14-6-4-3-5-7-14)16(13(2)18)15-8-10-17-11-9-15/h3-11H,1-2H3. The van der Waals surface area contributed by atoms with Gasteiger partial charge in [0, 0.05) is 18.0 Å². The van der Waals surface area contributed by atoms with Crippen molar-refractivity contribution in [3.05, 3.63) is 66.0 Å². The Balaban J connectivity index is 2.58. The molecule has 0 radical (unpaired) electrons. The predicted molar refractivity (Wildman–Crippen MR) is 73.8 cm³/mol. The molecule has 0 bridgehead atoms. The Labute approximate surface area is 107 Å². The minimum Gasteiger partial charge on any atom is -0.294 e. The van der Waals surface area contributed by atoms with Crippen molar-refractivity contribution in [3.63, 3.8) is 0 Å². The molecule has 0 atom stereocenters. The van der Waals surface area contributed by atoms with Gasteiger partial charge in [-0.2, -0.15) is 0 Å². The number of nitrogens with zero attached hydrogens (tertiary/aromatic N) is 1. The second-order valence-electron chi connectivity index (χ2n) is 4.16. The zero-order valence-corrected chi connectivity index (χ0v) is 10.6. The lowest BCUT2D eigenvalue weighted by atomic mass is 9.94. The number of Topliss-reactive ketones (excluding diaryl/α,β-unsaturated/α-hetero) is 1. The fourth-order valence-corrected chi connectivity index (χ4v) is 2.03. The molecule has 1 aromatic carbocycles. The molecule has 2 rings (SSSR count). The van der Waals surface area contributed by atoms with Gasteiger partial charge >= 0.3 is 0 Å². The first-order chi connectivity index (χ1) is 8.70. The Bertz CT molecular complexity index is 571. The summed E-state index contributed by atoms with van der Waals surface area (Å²) in [6.07, 6.45) is 3.41. The van der Waals surface area contributed by atoms with Gasteiger partial charge < -0.3 is 0 Å². The first-order valence-corrected chi connectivity index (χ1v) is 5.88. The Kier molecular flexibility index (Phi) is 3.68. The van der Waals surface area contributed by atoms with Gasteiger partial charge in [0.25, 0.3) is 0 Å². The first kappa shape index (κ1) is 12.2. The molecule has 0 aliphatic heterocycles. The molecule has 1 aromatic heterocycles. The lowest BCUT2D eigenvalue weighted by molar-refractivity contribution is -0.111. The van der Waals surface area contributed by atoms with E-state index in [0.29, 0.717) is 0 Å². The van der Waals surface area contributed by atoms with Crippen molar-refractivity contribution in [1.82, 2.24) is 4.98 Å². The number of hydrogen-bond acceptors (Lipinski definition) is 2. The van der Waals surface area contributed by atoms with E-state index < -0.39 is 0 Å². The minimum absolute atomic E-state index is 0.0718. The summed E-state index contributed by atoms with van der Waals surface area (Å²) in [5.74, 6) is 0.0718. The molecular weight excluding hydrogens is 222 g/mol. The average Bonchev–Trinajstić information content (AvgIpc) is 2.40. The van der Waals surface area contributed by atoms with Gasteiger partial charge in [0.05, 0.1) is 0 Å². The van der Waals surface area contributed by atoms with Crippen LogP contribution in [0.2, 0.25) is 0 Å². The second-order valence-corrected chi connectivity index (χ2v) is 4.16. The third-order valence-electron chi connectivity index (χ3n) is 2.90. The molecule has 2 nitrogen and oxygen atoms in total. The number of rotatable bonds is 3. The van der Waals surface area contributed by atoms with E-state index in [1.54, 1.807) is 19.3 Å². The van der Waals surface area contributed by atoms with Crippen LogP contribution < -0.4 is 0 Å². The van der Waals surface area contributed by atoms with Crippen LogP contribution in [0.15, 0.2) is 54.9 Å². The molecule has 0 spiro atoms. The average molecular weight is 237 g/mol. The second kappa shape index (κ2) is 5.41. The number of hydrogen-bond donors (Lipinski definition) is 0. The fraction of sp³-hybridized carbons (Fsp3) is 0.125. The van der Waals surface area contributed by atoms with Crippen LogP contribution in [0.1, 0.15) is 25.0 Å². The molecule has 2 aromatic rings. The quantitative estimate of drug-likeness (QED) is 0.763. The lowest BCUT2D eigenvalue weighted by Gasteiger charge is -2.10. The lowest BCUT2D eigenvalue weighted by Crippen LogP contribution is -1.99. The molecule has 0 amide bonds. The number of carbonyl (C=O) groups is 1. The molecule has 0 aliphatic rings. The van der Waals surface area contributed by atoms with Crippen molar-refractivity contribution in [3.8, 4) is 0 Å². The number of allylic oxidation sites excluding steroid dienone is 2. The van der Waals surface area contributed by atoms with Gasteiger partial charge in [-0.1, -0.05) is 30.3 Å². The van der Waals surface area contributed by atoms with Gasteiger partial charge in [0.15, 0.2) is 5.78 Å². The van der Waals surface area contributed by atoms with Gasteiger partial charge in [-0.05, 0) is 42.7 Å². The maximum absolute atomic E-state index is 11.9. The Morgan fingerprint density at radius 1 is 0.889 bits per heavy atom. The van der Waals surface area contributed by atoms with Crippen LogP contribution in [0.3, 0.4) is 0 Å². The summed E-state index contributed by atoms with van der Waals surface area (Å²) in [6, 6.07) is 13.7. The largest absolute Gasteiger partial charge is 0.294 e. The fourth-order valence-electron chi connectivity index (χ4n) is 2.03.